The molecule has 0 heterocycles. The van der Waals surface area contributed by atoms with E-state index in [2.05, 4.69) is 56.1 Å². The van der Waals surface area contributed by atoms with Crippen molar-refractivity contribution in [1.29, 1.82) is 0 Å². The van der Waals surface area contributed by atoms with Crippen LogP contribution in [-0.4, -0.2) is 27.6 Å². The molecule has 0 spiro atoms. The Morgan fingerprint density at radius 2 is 1.29 bits per heavy atom. The first-order valence-corrected chi connectivity index (χ1v) is 8.91. The van der Waals surface area contributed by atoms with E-state index in [4.69, 9.17) is 0 Å². The van der Waals surface area contributed by atoms with Crippen molar-refractivity contribution >= 4 is 35.3 Å². The SMILES string of the molecule is CCCSCC(SCCC)SCCC. The van der Waals surface area contributed by atoms with Crippen molar-refractivity contribution < 1.29 is 0 Å². The maximum atomic E-state index is 2.27. The van der Waals surface area contributed by atoms with E-state index in [0.29, 0.717) is 0 Å². The molecule has 0 aliphatic rings. The van der Waals surface area contributed by atoms with E-state index in [9.17, 15) is 0 Å². The summed E-state index contributed by atoms with van der Waals surface area (Å²) in [4.78, 5) is 0. The van der Waals surface area contributed by atoms with Crippen molar-refractivity contribution in [2.24, 2.45) is 0 Å². The zero-order chi connectivity index (χ0) is 10.6. The van der Waals surface area contributed by atoms with Crippen LogP contribution >= 0.6 is 35.3 Å². The predicted molar refractivity (Wildman–Crippen MR) is 76.9 cm³/mol. The molecule has 0 saturated heterocycles. The monoisotopic (exact) mass is 252 g/mol. The van der Waals surface area contributed by atoms with E-state index in [1.165, 1.54) is 42.3 Å². The summed E-state index contributed by atoms with van der Waals surface area (Å²) in [7, 11) is 0. The molecule has 14 heavy (non-hydrogen) atoms. The Morgan fingerprint density at radius 1 is 0.786 bits per heavy atom. The molecule has 0 nitrogen and oxygen atoms in total. The molecule has 0 aromatic rings. The molecule has 0 fully saturated rings. The maximum Gasteiger partial charge on any atom is 0.0592 e. The molecule has 0 N–H and O–H groups in total. The Bertz CT molecular complexity index is 98.7. The van der Waals surface area contributed by atoms with Crippen LogP contribution in [0.15, 0.2) is 0 Å². The Balaban J connectivity index is 3.49. The van der Waals surface area contributed by atoms with Gasteiger partial charge in [-0.3, -0.25) is 0 Å². The van der Waals surface area contributed by atoms with Crippen molar-refractivity contribution in [2.45, 2.75) is 44.6 Å². The van der Waals surface area contributed by atoms with Gasteiger partial charge >= 0.3 is 0 Å². The van der Waals surface area contributed by atoms with Crippen molar-refractivity contribution in [3.05, 3.63) is 0 Å². The fourth-order valence-electron chi connectivity index (χ4n) is 0.967. The van der Waals surface area contributed by atoms with Crippen LogP contribution in [0.5, 0.6) is 0 Å². The van der Waals surface area contributed by atoms with Gasteiger partial charge in [0.2, 0.25) is 0 Å². The van der Waals surface area contributed by atoms with E-state index in [-0.39, 0.29) is 0 Å². The van der Waals surface area contributed by atoms with Crippen LogP contribution in [0.1, 0.15) is 40.0 Å². The van der Waals surface area contributed by atoms with Gasteiger partial charge in [0.05, 0.1) is 4.58 Å². The van der Waals surface area contributed by atoms with Gasteiger partial charge in [-0.2, -0.15) is 11.8 Å². The van der Waals surface area contributed by atoms with Crippen LogP contribution in [-0.2, 0) is 0 Å². The molecule has 0 rings (SSSR count). The molecule has 0 aromatic carbocycles. The average Bonchev–Trinajstić information content (AvgIpc) is 2.21. The third kappa shape index (κ3) is 9.60. The minimum Gasteiger partial charge on any atom is -0.160 e. The van der Waals surface area contributed by atoms with E-state index in [1.54, 1.807) is 0 Å². The largest absolute Gasteiger partial charge is 0.160 e. The number of hydrogen-bond donors (Lipinski definition) is 0. The fourth-order valence-corrected chi connectivity index (χ4v) is 4.92. The quantitative estimate of drug-likeness (QED) is 0.407. The second kappa shape index (κ2) is 12.1. The van der Waals surface area contributed by atoms with Gasteiger partial charge in [0.25, 0.3) is 0 Å². The second-order valence-corrected chi connectivity index (χ2v) is 7.32. The lowest BCUT2D eigenvalue weighted by Gasteiger charge is -2.14. The van der Waals surface area contributed by atoms with E-state index >= 15 is 0 Å². The van der Waals surface area contributed by atoms with Crippen LogP contribution < -0.4 is 0 Å². The topological polar surface area (TPSA) is 0 Å². The van der Waals surface area contributed by atoms with Gasteiger partial charge in [0, 0.05) is 5.75 Å². The van der Waals surface area contributed by atoms with Crippen LogP contribution in [0, 0.1) is 0 Å². The van der Waals surface area contributed by atoms with Gasteiger partial charge in [-0.1, -0.05) is 20.8 Å². The minimum absolute atomic E-state index is 0.839. The number of rotatable bonds is 10. The molecule has 0 bridgehead atoms. The second-order valence-electron chi connectivity index (χ2n) is 3.25. The summed E-state index contributed by atoms with van der Waals surface area (Å²) in [5, 5.41) is 0. The van der Waals surface area contributed by atoms with E-state index in [1.807, 2.05) is 0 Å². The summed E-state index contributed by atoms with van der Waals surface area (Å²) >= 11 is 6.43. The summed E-state index contributed by atoms with van der Waals surface area (Å²) in [6.45, 7) is 6.81. The highest BCUT2D eigenvalue weighted by Crippen LogP contribution is 2.28. The first-order chi connectivity index (χ1) is 6.85. The molecular weight excluding hydrogens is 228 g/mol. The first kappa shape index (κ1) is 15.0. The highest BCUT2D eigenvalue weighted by molar-refractivity contribution is 8.18. The first-order valence-electron chi connectivity index (χ1n) is 5.66. The van der Waals surface area contributed by atoms with Crippen LogP contribution in [0.25, 0.3) is 0 Å². The van der Waals surface area contributed by atoms with Crippen LogP contribution in [0.2, 0.25) is 0 Å². The van der Waals surface area contributed by atoms with Gasteiger partial charge in [-0.15, -0.1) is 23.5 Å². The third-order valence-corrected chi connectivity index (χ3v) is 6.49. The highest BCUT2D eigenvalue weighted by atomic mass is 32.2. The molecule has 0 atom stereocenters. The molecule has 0 aliphatic heterocycles. The maximum absolute atomic E-state index is 2.27. The molecule has 0 aliphatic carbocycles. The fraction of sp³-hybridized carbons (Fsp3) is 1.00. The molecule has 0 aromatic heterocycles. The van der Waals surface area contributed by atoms with Crippen molar-refractivity contribution in [3.8, 4) is 0 Å². The smallest absolute Gasteiger partial charge is 0.0592 e. The van der Waals surface area contributed by atoms with Crippen molar-refractivity contribution in [1.82, 2.24) is 0 Å². The van der Waals surface area contributed by atoms with E-state index < -0.39 is 0 Å². The van der Waals surface area contributed by atoms with Gasteiger partial charge in [0.1, 0.15) is 0 Å². The Hall–Kier alpha value is 1.05. The normalized spacial score (nSPS) is 11.1. The molecular formula is C11H24S3. The lowest BCUT2D eigenvalue weighted by Crippen LogP contribution is -2.03. The summed E-state index contributed by atoms with van der Waals surface area (Å²) in [5.74, 6) is 5.32. The molecule has 86 valence electrons. The highest BCUT2D eigenvalue weighted by Gasteiger charge is 2.08. The van der Waals surface area contributed by atoms with E-state index in [0.717, 1.165) is 4.58 Å². The van der Waals surface area contributed by atoms with Crippen molar-refractivity contribution in [3.63, 3.8) is 0 Å². The summed E-state index contributed by atoms with van der Waals surface area (Å²) in [6.07, 6.45) is 3.94. The average molecular weight is 253 g/mol. The third-order valence-electron chi connectivity index (χ3n) is 1.62. The van der Waals surface area contributed by atoms with Crippen LogP contribution in [0.3, 0.4) is 0 Å². The standard InChI is InChI=1S/C11H24S3/c1-4-7-12-10-11(13-8-5-2)14-9-6-3/h11H,4-10H2,1-3H3. The Morgan fingerprint density at radius 3 is 1.71 bits per heavy atom. The lowest BCUT2D eigenvalue weighted by atomic mass is 10.6. The number of hydrogen-bond acceptors (Lipinski definition) is 3. The van der Waals surface area contributed by atoms with Crippen LogP contribution in [0.4, 0.5) is 0 Å². The Labute approximate surface area is 103 Å². The van der Waals surface area contributed by atoms with Gasteiger partial charge in [0.15, 0.2) is 0 Å². The van der Waals surface area contributed by atoms with Crippen molar-refractivity contribution in [2.75, 3.05) is 23.0 Å². The lowest BCUT2D eigenvalue weighted by molar-refractivity contribution is 1.09. The molecule has 0 unspecified atom stereocenters. The predicted octanol–water partition coefficient (Wildman–Crippen LogP) is 4.74. The zero-order valence-corrected chi connectivity index (χ0v) is 12.2. The summed E-state index contributed by atoms with van der Waals surface area (Å²) in [5.41, 5.74) is 0. The minimum atomic E-state index is 0.839. The molecule has 0 amide bonds. The zero-order valence-electron chi connectivity index (χ0n) is 9.75. The van der Waals surface area contributed by atoms with Gasteiger partial charge in [-0.25, -0.2) is 0 Å². The number of thioether (sulfide) groups is 3. The molecule has 3 heteroatoms. The molecule has 0 radical (unpaired) electrons. The summed E-state index contributed by atoms with van der Waals surface area (Å²) < 4.78 is 0.839. The summed E-state index contributed by atoms with van der Waals surface area (Å²) in [6, 6.07) is 0. The van der Waals surface area contributed by atoms with Gasteiger partial charge in [-0.05, 0) is 36.5 Å². The van der Waals surface area contributed by atoms with Gasteiger partial charge < -0.3 is 0 Å². The Kier molecular flexibility index (Phi) is 13.0. The molecule has 0 saturated carbocycles.